The molecule has 0 saturated heterocycles. The van der Waals surface area contributed by atoms with Crippen molar-refractivity contribution in [2.75, 3.05) is 5.32 Å². The number of thiazole rings is 1. The maximum Gasteiger partial charge on any atom is 0.407 e. The molecule has 6 nitrogen and oxygen atoms in total. The van der Waals surface area contributed by atoms with E-state index in [4.69, 9.17) is 4.74 Å². The second-order valence-electron chi connectivity index (χ2n) is 7.93. The minimum absolute atomic E-state index is 0.264. The van der Waals surface area contributed by atoms with Crippen LogP contribution in [0.25, 0.3) is 0 Å². The monoisotopic (exact) mass is 441 g/mol. The number of hydrogen-bond acceptors (Lipinski definition) is 5. The van der Waals surface area contributed by atoms with E-state index in [2.05, 4.69) is 15.6 Å². The van der Waals surface area contributed by atoms with Crippen molar-refractivity contribution >= 4 is 29.0 Å². The summed E-state index contributed by atoms with van der Waals surface area (Å²) >= 11 is 1.29. The Hall–Kier alpha value is -3.26. The van der Waals surface area contributed by atoms with Crippen LogP contribution in [0.3, 0.4) is 0 Å². The van der Waals surface area contributed by atoms with Crippen LogP contribution < -0.4 is 10.6 Å². The van der Waals surface area contributed by atoms with E-state index in [1.165, 1.54) is 29.7 Å². The van der Waals surface area contributed by atoms with Gasteiger partial charge in [-0.3, -0.25) is 4.79 Å². The highest BCUT2D eigenvalue weighted by Crippen LogP contribution is 2.19. The van der Waals surface area contributed by atoms with Crippen molar-refractivity contribution in [2.45, 2.75) is 39.3 Å². The van der Waals surface area contributed by atoms with E-state index in [1.807, 2.05) is 6.07 Å². The smallest absolute Gasteiger partial charge is 0.407 e. The predicted octanol–water partition coefficient (Wildman–Crippen LogP) is 5.15. The highest BCUT2D eigenvalue weighted by atomic mass is 32.1. The molecule has 0 unspecified atom stereocenters. The Morgan fingerprint density at radius 3 is 2.55 bits per heavy atom. The topological polar surface area (TPSA) is 80.3 Å². The molecule has 3 aromatic rings. The third kappa shape index (κ3) is 7.18. The Bertz CT molecular complexity index is 1060. The fraction of sp³-hybridized carbons (Fsp3) is 0.261. The van der Waals surface area contributed by atoms with Crippen molar-refractivity contribution in [2.24, 2.45) is 0 Å². The molecule has 0 aliphatic rings. The molecular weight excluding hydrogens is 417 g/mol. The van der Waals surface area contributed by atoms with Gasteiger partial charge in [-0.1, -0.05) is 24.3 Å². The van der Waals surface area contributed by atoms with Gasteiger partial charge >= 0.3 is 6.09 Å². The molecule has 0 fully saturated rings. The van der Waals surface area contributed by atoms with Gasteiger partial charge in [-0.15, -0.1) is 11.3 Å². The average Bonchev–Trinajstić information content (AvgIpc) is 3.16. The summed E-state index contributed by atoms with van der Waals surface area (Å²) in [7, 11) is 0. The molecule has 2 aromatic carbocycles. The molecule has 0 aliphatic heterocycles. The molecule has 0 saturated carbocycles. The molecule has 0 bridgehead atoms. The van der Waals surface area contributed by atoms with E-state index < -0.39 is 11.7 Å². The van der Waals surface area contributed by atoms with Crippen molar-refractivity contribution < 1.29 is 18.7 Å². The molecular formula is C23H24FN3O3S. The zero-order chi connectivity index (χ0) is 22.4. The number of amides is 2. The summed E-state index contributed by atoms with van der Waals surface area (Å²) in [5, 5.41) is 6.31. The first kappa shape index (κ1) is 22.4. The summed E-state index contributed by atoms with van der Waals surface area (Å²) in [6.07, 6.45) is 1.57. The van der Waals surface area contributed by atoms with Crippen molar-refractivity contribution in [3.8, 4) is 0 Å². The summed E-state index contributed by atoms with van der Waals surface area (Å²) in [4.78, 5) is 29.2. The van der Waals surface area contributed by atoms with Crippen LogP contribution >= 0.6 is 11.3 Å². The highest BCUT2D eigenvalue weighted by molar-refractivity contribution is 7.13. The largest absolute Gasteiger partial charge is 0.444 e. The molecule has 31 heavy (non-hydrogen) atoms. The first-order valence-electron chi connectivity index (χ1n) is 9.74. The van der Waals surface area contributed by atoms with Crippen LogP contribution in [0, 0.1) is 5.82 Å². The van der Waals surface area contributed by atoms with Crippen LogP contribution in [0.1, 0.15) is 46.6 Å². The molecule has 0 aliphatic carbocycles. The van der Waals surface area contributed by atoms with Crippen LogP contribution in [0.4, 0.5) is 14.9 Å². The lowest BCUT2D eigenvalue weighted by molar-refractivity contribution is 0.0523. The molecule has 1 heterocycles. The van der Waals surface area contributed by atoms with Crippen molar-refractivity contribution in [1.82, 2.24) is 10.3 Å². The van der Waals surface area contributed by atoms with Gasteiger partial charge in [-0.05, 0) is 56.2 Å². The van der Waals surface area contributed by atoms with Gasteiger partial charge in [-0.25, -0.2) is 14.2 Å². The number of rotatable bonds is 6. The number of ether oxygens (including phenoxy) is 1. The molecule has 0 atom stereocenters. The molecule has 0 spiro atoms. The van der Waals surface area contributed by atoms with Crippen LogP contribution in [0.5, 0.6) is 0 Å². The highest BCUT2D eigenvalue weighted by Gasteiger charge is 2.16. The maximum absolute atomic E-state index is 13.0. The number of benzene rings is 2. The standard InChI is InChI=1S/C23H24FN3O3S/c1-23(2,3)30-22(29)26-13-16-5-4-6-18(11-16)27-21(28)19-14-25-20(31-19)12-15-7-9-17(24)10-8-15/h4-11,14H,12-13H2,1-3H3,(H,26,29)(H,27,28). The third-order valence-corrected chi connectivity index (χ3v) is 5.06. The molecule has 162 valence electrons. The van der Waals surface area contributed by atoms with Crippen LogP contribution in [0.2, 0.25) is 0 Å². The third-order valence-electron chi connectivity index (χ3n) is 4.07. The first-order chi connectivity index (χ1) is 14.7. The Balaban J connectivity index is 1.57. The lowest BCUT2D eigenvalue weighted by Crippen LogP contribution is -2.32. The molecule has 1 aromatic heterocycles. The summed E-state index contributed by atoms with van der Waals surface area (Å²) < 4.78 is 18.2. The minimum atomic E-state index is -0.565. The Kier molecular flexibility index (Phi) is 7.02. The average molecular weight is 442 g/mol. The van der Waals surface area contributed by atoms with Crippen LogP contribution in [0.15, 0.2) is 54.7 Å². The van der Waals surface area contributed by atoms with Crippen LogP contribution in [-0.2, 0) is 17.7 Å². The van der Waals surface area contributed by atoms with E-state index in [9.17, 15) is 14.0 Å². The van der Waals surface area contributed by atoms with Gasteiger partial charge < -0.3 is 15.4 Å². The van der Waals surface area contributed by atoms with Gasteiger partial charge in [0.1, 0.15) is 16.3 Å². The molecule has 2 amide bonds. The van der Waals surface area contributed by atoms with Crippen LogP contribution in [-0.4, -0.2) is 22.6 Å². The van der Waals surface area contributed by atoms with Crippen molar-refractivity contribution in [3.63, 3.8) is 0 Å². The number of carbonyl (C=O) groups excluding carboxylic acids is 2. The van der Waals surface area contributed by atoms with E-state index >= 15 is 0 Å². The number of alkyl carbamates (subject to hydrolysis) is 1. The van der Waals surface area contributed by atoms with Gasteiger partial charge in [0, 0.05) is 18.7 Å². The normalized spacial score (nSPS) is 11.1. The number of carbonyl (C=O) groups is 2. The lowest BCUT2D eigenvalue weighted by atomic mass is 10.2. The zero-order valence-corrected chi connectivity index (χ0v) is 18.4. The van der Waals surface area contributed by atoms with E-state index in [-0.39, 0.29) is 18.3 Å². The van der Waals surface area contributed by atoms with Crippen molar-refractivity contribution in [3.05, 3.63) is 81.6 Å². The summed E-state index contributed by atoms with van der Waals surface area (Å²) in [6.45, 7) is 5.68. The fourth-order valence-corrected chi connectivity index (χ4v) is 3.56. The predicted molar refractivity (Wildman–Crippen MR) is 119 cm³/mol. The Labute approximate surface area is 184 Å². The van der Waals surface area contributed by atoms with E-state index in [1.54, 1.807) is 51.1 Å². The quantitative estimate of drug-likeness (QED) is 0.554. The van der Waals surface area contributed by atoms with Crippen molar-refractivity contribution in [1.29, 1.82) is 0 Å². The Morgan fingerprint density at radius 1 is 1.10 bits per heavy atom. The molecule has 8 heteroatoms. The van der Waals surface area contributed by atoms with Gasteiger partial charge in [0.15, 0.2) is 0 Å². The number of anilines is 1. The lowest BCUT2D eigenvalue weighted by Gasteiger charge is -2.19. The SMILES string of the molecule is CC(C)(C)OC(=O)NCc1cccc(NC(=O)c2cnc(Cc3ccc(F)cc3)s2)c1. The summed E-state index contributed by atoms with van der Waals surface area (Å²) in [6, 6.07) is 13.4. The number of aromatic nitrogens is 1. The van der Waals surface area contributed by atoms with Gasteiger partial charge in [-0.2, -0.15) is 0 Å². The second-order valence-corrected chi connectivity index (χ2v) is 9.05. The fourth-order valence-electron chi connectivity index (χ4n) is 2.71. The Morgan fingerprint density at radius 2 is 1.84 bits per heavy atom. The summed E-state index contributed by atoms with van der Waals surface area (Å²) in [5.41, 5.74) is 1.80. The molecule has 0 radical (unpaired) electrons. The van der Waals surface area contributed by atoms with Gasteiger partial charge in [0.2, 0.25) is 0 Å². The van der Waals surface area contributed by atoms with E-state index in [0.29, 0.717) is 17.0 Å². The zero-order valence-electron chi connectivity index (χ0n) is 17.6. The number of nitrogens with one attached hydrogen (secondary N) is 2. The molecule has 2 N–H and O–H groups in total. The number of halogens is 1. The number of nitrogens with zero attached hydrogens (tertiary/aromatic N) is 1. The van der Waals surface area contributed by atoms with Gasteiger partial charge in [0.05, 0.1) is 11.2 Å². The van der Waals surface area contributed by atoms with Gasteiger partial charge in [0.25, 0.3) is 5.91 Å². The maximum atomic E-state index is 13.0. The number of hydrogen-bond donors (Lipinski definition) is 2. The summed E-state index contributed by atoms with van der Waals surface area (Å²) in [5.74, 6) is -0.549. The first-order valence-corrected chi connectivity index (χ1v) is 10.6. The minimum Gasteiger partial charge on any atom is -0.444 e. The molecule has 3 rings (SSSR count). The van der Waals surface area contributed by atoms with E-state index in [0.717, 1.165) is 16.1 Å². The second kappa shape index (κ2) is 9.70.